The van der Waals surface area contributed by atoms with Crippen molar-refractivity contribution in [3.05, 3.63) is 29.8 Å². The second kappa shape index (κ2) is 16.2. The van der Waals surface area contributed by atoms with Gasteiger partial charge < -0.3 is 35.8 Å². The number of rotatable bonds is 15. The van der Waals surface area contributed by atoms with Crippen molar-refractivity contribution >= 4 is 29.8 Å². The number of benzene rings is 1. The maximum Gasteiger partial charge on any atom is 0.408 e. The Hall–Kier alpha value is -3.83. The van der Waals surface area contributed by atoms with Crippen LogP contribution in [0.25, 0.3) is 0 Å². The normalized spacial score (nSPS) is 12.5. The number of phenols is 1. The van der Waals surface area contributed by atoms with Gasteiger partial charge in [0.05, 0.1) is 19.4 Å². The number of unbranched alkanes of at least 4 members (excludes halogenated alkanes) is 2. The molecular weight excluding hydrogens is 508 g/mol. The topological polar surface area (TPSA) is 177 Å². The van der Waals surface area contributed by atoms with E-state index in [1.54, 1.807) is 39.8 Å². The first-order valence-corrected chi connectivity index (χ1v) is 13.1. The molecule has 39 heavy (non-hydrogen) atoms. The SMILES string of the molecule is CCCCCN(C(=O)C(CC(N)=O)NC(=O)OC(C)(C)C)C(C(=O)NCCC(=O)OCC)c1ccccc1O. The molecule has 1 aromatic carbocycles. The Kier molecular flexibility index (Phi) is 13.8. The molecule has 2 unspecified atom stereocenters. The molecule has 1 rings (SSSR count). The van der Waals surface area contributed by atoms with E-state index in [1.165, 1.54) is 17.0 Å². The number of phenolic OH excluding ortho intramolecular Hbond substituents is 1. The number of ether oxygens (including phenoxy) is 2. The zero-order chi connectivity index (χ0) is 29.6. The molecule has 1 aromatic rings. The Morgan fingerprint density at radius 3 is 2.31 bits per heavy atom. The fourth-order valence-electron chi connectivity index (χ4n) is 3.74. The van der Waals surface area contributed by atoms with Gasteiger partial charge >= 0.3 is 12.1 Å². The minimum atomic E-state index is -1.43. The minimum absolute atomic E-state index is 0.0698. The third-order valence-electron chi connectivity index (χ3n) is 5.41. The van der Waals surface area contributed by atoms with Crippen LogP contribution in [0.5, 0.6) is 5.75 Å². The van der Waals surface area contributed by atoms with E-state index in [9.17, 15) is 29.1 Å². The maximum atomic E-state index is 13.9. The van der Waals surface area contributed by atoms with Gasteiger partial charge in [0.25, 0.3) is 0 Å². The second-order valence-corrected chi connectivity index (χ2v) is 9.92. The lowest BCUT2D eigenvalue weighted by Crippen LogP contribution is -2.54. The molecule has 0 aliphatic heterocycles. The first-order valence-electron chi connectivity index (χ1n) is 13.1. The monoisotopic (exact) mass is 550 g/mol. The van der Waals surface area contributed by atoms with Gasteiger partial charge in [0.15, 0.2) is 0 Å². The molecule has 4 amide bonds. The molecule has 0 aromatic heterocycles. The van der Waals surface area contributed by atoms with Crippen LogP contribution in [0.1, 0.15) is 78.3 Å². The lowest BCUT2D eigenvalue weighted by Gasteiger charge is -2.34. The van der Waals surface area contributed by atoms with Gasteiger partial charge in [-0.3, -0.25) is 19.2 Å². The lowest BCUT2D eigenvalue weighted by atomic mass is 10.0. The Labute approximate surface area is 229 Å². The fraction of sp³-hybridized carbons (Fsp3) is 0.593. The molecule has 0 spiro atoms. The van der Waals surface area contributed by atoms with Gasteiger partial charge in [-0.25, -0.2) is 4.79 Å². The van der Waals surface area contributed by atoms with Crippen LogP contribution in [0.2, 0.25) is 0 Å². The van der Waals surface area contributed by atoms with Crippen molar-refractivity contribution in [3.8, 4) is 5.75 Å². The largest absolute Gasteiger partial charge is 0.508 e. The van der Waals surface area contributed by atoms with E-state index < -0.39 is 53.9 Å². The summed E-state index contributed by atoms with van der Waals surface area (Å²) in [6, 6.07) is 3.27. The smallest absolute Gasteiger partial charge is 0.408 e. The number of para-hydroxylation sites is 1. The second-order valence-electron chi connectivity index (χ2n) is 9.92. The molecule has 0 heterocycles. The van der Waals surface area contributed by atoms with Gasteiger partial charge in [-0.15, -0.1) is 0 Å². The molecule has 0 saturated carbocycles. The van der Waals surface area contributed by atoms with Crippen LogP contribution in [-0.2, 0) is 28.7 Å². The van der Waals surface area contributed by atoms with E-state index in [0.29, 0.717) is 6.42 Å². The molecule has 0 fully saturated rings. The fourth-order valence-corrected chi connectivity index (χ4v) is 3.74. The summed E-state index contributed by atoms with van der Waals surface area (Å²) in [7, 11) is 0. The third kappa shape index (κ3) is 12.1. The quantitative estimate of drug-likeness (QED) is 0.190. The number of nitrogens with two attached hydrogens (primary N) is 1. The van der Waals surface area contributed by atoms with E-state index in [2.05, 4.69) is 10.6 Å². The molecule has 12 nitrogen and oxygen atoms in total. The van der Waals surface area contributed by atoms with E-state index in [-0.39, 0.29) is 37.4 Å². The number of amides is 4. The number of primary amides is 1. The summed E-state index contributed by atoms with van der Waals surface area (Å²) >= 11 is 0. The Bertz CT molecular complexity index is 992. The van der Waals surface area contributed by atoms with E-state index in [1.807, 2.05) is 6.92 Å². The number of nitrogens with one attached hydrogen (secondary N) is 2. The zero-order valence-electron chi connectivity index (χ0n) is 23.5. The van der Waals surface area contributed by atoms with Crippen LogP contribution >= 0.6 is 0 Å². The first kappa shape index (κ1) is 33.2. The standard InChI is InChI=1S/C27H42N4O8/c1-6-8-11-16-31(25(36)19(17-21(28)33)30-26(37)39-27(3,4)5)23(18-12-9-10-13-20(18)32)24(35)29-15-14-22(34)38-7-2/h9-10,12-13,19,23,32H,6-8,11,14-17H2,1-5H3,(H2,28,33)(H,29,35)(H,30,37). The van der Waals surface area contributed by atoms with Gasteiger partial charge in [-0.2, -0.15) is 0 Å². The lowest BCUT2D eigenvalue weighted by molar-refractivity contribution is -0.144. The van der Waals surface area contributed by atoms with Crippen LogP contribution < -0.4 is 16.4 Å². The van der Waals surface area contributed by atoms with Crippen LogP contribution in [0, 0.1) is 0 Å². The van der Waals surface area contributed by atoms with E-state index in [4.69, 9.17) is 15.2 Å². The highest BCUT2D eigenvalue weighted by atomic mass is 16.6. The molecule has 5 N–H and O–H groups in total. The Balaban J connectivity index is 3.44. The number of esters is 1. The van der Waals surface area contributed by atoms with Gasteiger partial charge in [-0.05, 0) is 40.2 Å². The number of carbonyl (C=O) groups excluding carboxylic acids is 5. The van der Waals surface area contributed by atoms with Gasteiger partial charge in [0.2, 0.25) is 17.7 Å². The van der Waals surface area contributed by atoms with Crippen LogP contribution in [-0.4, -0.2) is 71.1 Å². The number of aromatic hydroxyl groups is 1. The summed E-state index contributed by atoms with van der Waals surface area (Å²) < 4.78 is 10.1. The van der Waals surface area contributed by atoms with Gasteiger partial charge in [-0.1, -0.05) is 38.0 Å². The molecule has 0 aliphatic carbocycles. The highest BCUT2D eigenvalue weighted by Crippen LogP contribution is 2.30. The number of hydrogen-bond acceptors (Lipinski definition) is 8. The molecule has 12 heteroatoms. The highest BCUT2D eigenvalue weighted by Gasteiger charge is 2.37. The molecule has 0 saturated heterocycles. The van der Waals surface area contributed by atoms with Crippen molar-refractivity contribution in [1.82, 2.24) is 15.5 Å². The summed E-state index contributed by atoms with van der Waals surface area (Å²) in [6.07, 6.45) is 0.464. The molecule has 218 valence electrons. The van der Waals surface area contributed by atoms with Crippen LogP contribution in [0.15, 0.2) is 24.3 Å². The van der Waals surface area contributed by atoms with Crippen molar-refractivity contribution in [3.63, 3.8) is 0 Å². The van der Waals surface area contributed by atoms with Crippen molar-refractivity contribution < 1.29 is 38.6 Å². The van der Waals surface area contributed by atoms with E-state index in [0.717, 1.165) is 12.8 Å². The number of carbonyl (C=O) groups is 5. The maximum absolute atomic E-state index is 13.9. The molecular formula is C27H42N4O8. The molecule has 0 bridgehead atoms. The summed E-state index contributed by atoms with van der Waals surface area (Å²) in [6.45, 7) is 8.75. The average Bonchev–Trinajstić information content (AvgIpc) is 2.82. The van der Waals surface area contributed by atoms with Crippen molar-refractivity contribution in [1.29, 1.82) is 0 Å². The van der Waals surface area contributed by atoms with Crippen molar-refractivity contribution in [2.45, 2.75) is 84.4 Å². The van der Waals surface area contributed by atoms with E-state index >= 15 is 0 Å². The molecule has 0 radical (unpaired) electrons. The summed E-state index contributed by atoms with van der Waals surface area (Å²) in [5, 5.41) is 15.6. The van der Waals surface area contributed by atoms with Crippen LogP contribution in [0.4, 0.5) is 4.79 Å². The average molecular weight is 551 g/mol. The minimum Gasteiger partial charge on any atom is -0.508 e. The van der Waals surface area contributed by atoms with Crippen molar-refractivity contribution in [2.75, 3.05) is 19.7 Å². The molecule has 2 atom stereocenters. The van der Waals surface area contributed by atoms with Crippen molar-refractivity contribution in [2.24, 2.45) is 5.73 Å². The summed E-state index contributed by atoms with van der Waals surface area (Å²) in [4.78, 5) is 64.7. The van der Waals surface area contributed by atoms with Gasteiger partial charge in [0.1, 0.15) is 23.4 Å². The summed E-state index contributed by atoms with van der Waals surface area (Å²) in [5.74, 6) is -3.01. The Morgan fingerprint density at radius 1 is 1.08 bits per heavy atom. The number of alkyl carbamates (subject to hydrolysis) is 1. The highest BCUT2D eigenvalue weighted by molar-refractivity contribution is 5.94. The van der Waals surface area contributed by atoms with Crippen LogP contribution in [0.3, 0.4) is 0 Å². The third-order valence-corrected chi connectivity index (χ3v) is 5.41. The van der Waals surface area contributed by atoms with Gasteiger partial charge in [0, 0.05) is 18.7 Å². The zero-order valence-corrected chi connectivity index (χ0v) is 23.5. The molecule has 0 aliphatic rings. The predicted molar refractivity (Wildman–Crippen MR) is 143 cm³/mol. The number of nitrogens with zero attached hydrogens (tertiary/aromatic N) is 1. The Morgan fingerprint density at radius 2 is 1.74 bits per heavy atom. The first-order chi connectivity index (χ1) is 18.3. The summed E-state index contributed by atoms with van der Waals surface area (Å²) in [5.41, 5.74) is 4.64. The predicted octanol–water partition coefficient (Wildman–Crippen LogP) is 2.29. The number of hydrogen-bond donors (Lipinski definition) is 4.